The van der Waals surface area contributed by atoms with Crippen LogP contribution in [-0.4, -0.2) is 29.4 Å². The fourth-order valence-electron chi connectivity index (χ4n) is 4.88. The summed E-state index contributed by atoms with van der Waals surface area (Å²) in [6, 6.07) is 30.3. The Morgan fingerprint density at radius 2 is 1.24 bits per heavy atom. The first-order valence-electron chi connectivity index (χ1n) is 11.5. The van der Waals surface area contributed by atoms with E-state index < -0.39 is 22.7 Å². The molecule has 3 aromatic rings. The lowest BCUT2D eigenvalue weighted by atomic mass is 9.67. The molecular weight excluding hydrogens is 412 g/mol. The molecule has 3 aromatic carbocycles. The summed E-state index contributed by atoms with van der Waals surface area (Å²) in [4.78, 5) is 12.9. The zero-order chi connectivity index (χ0) is 23.7. The number of carbonyl (C=O) groups is 1. The smallest absolute Gasteiger partial charge is 0.315 e. The predicted octanol–water partition coefficient (Wildman–Crippen LogP) is 5.33. The zero-order valence-electron chi connectivity index (χ0n) is 19.7. The Hall–Kier alpha value is -2.95. The van der Waals surface area contributed by atoms with E-state index in [1.165, 1.54) is 0 Å². The van der Waals surface area contributed by atoms with E-state index in [1.807, 2.05) is 61.5 Å². The van der Waals surface area contributed by atoms with Gasteiger partial charge in [-0.15, -0.1) is 0 Å². The van der Waals surface area contributed by atoms with Crippen molar-refractivity contribution < 1.29 is 19.4 Å². The molecule has 172 valence electrons. The first-order valence-corrected chi connectivity index (χ1v) is 11.5. The van der Waals surface area contributed by atoms with Crippen LogP contribution in [-0.2, 0) is 19.9 Å². The molecule has 0 spiro atoms. The number of rotatable bonds is 7. The molecule has 1 heterocycles. The molecule has 1 fully saturated rings. The van der Waals surface area contributed by atoms with Gasteiger partial charge in [0.15, 0.2) is 0 Å². The number of esters is 1. The monoisotopic (exact) mass is 444 g/mol. The lowest BCUT2D eigenvalue weighted by Gasteiger charge is -2.39. The van der Waals surface area contributed by atoms with Crippen LogP contribution < -0.4 is 0 Å². The number of cyclic esters (lactones) is 1. The summed E-state index contributed by atoms with van der Waals surface area (Å²) in [6.07, 6.45) is -0.482. The molecule has 1 saturated heterocycles. The quantitative estimate of drug-likeness (QED) is 0.395. The predicted molar refractivity (Wildman–Crippen MR) is 129 cm³/mol. The molecule has 33 heavy (non-hydrogen) atoms. The summed E-state index contributed by atoms with van der Waals surface area (Å²) in [7, 11) is 0. The second-order valence-corrected chi connectivity index (χ2v) is 9.58. The van der Waals surface area contributed by atoms with Gasteiger partial charge in [0.2, 0.25) is 0 Å². The van der Waals surface area contributed by atoms with Crippen molar-refractivity contribution in [1.29, 1.82) is 0 Å². The van der Waals surface area contributed by atoms with Crippen LogP contribution in [0.25, 0.3) is 0 Å². The molecule has 0 aromatic heterocycles. The molecule has 4 heteroatoms. The molecule has 0 amide bonds. The van der Waals surface area contributed by atoms with E-state index in [2.05, 4.69) is 36.4 Å². The number of hydrogen-bond donors (Lipinski definition) is 1. The summed E-state index contributed by atoms with van der Waals surface area (Å²) < 4.78 is 12.6. The first kappa shape index (κ1) is 23.2. The van der Waals surface area contributed by atoms with Crippen molar-refractivity contribution in [2.75, 3.05) is 6.61 Å². The maximum atomic E-state index is 12.9. The van der Waals surface area contributed by atoms with E-state index in [0.717, 1.165) is 16.7 Å². The van der Waals surface area contributed by atoms with Gasteiger partial charge < -0.3 is 14.6 Å². The van der Waals surface area contributed by atoms with Crippen LogP contribution in [0.2, 0.25) is 0 Å². The van der Waals surface area contributed by atoms with Gasteiger partial charge in [-0.25, -0.2) is 0 Å². The number of benzene rings is 3. The Balaban J connectivity index is 1.78. The average Bonchev–Trinajstić information content (AvgIpc) is 3.06. The highest BCUT2D eigenvalue weighted by Gasteiger charge is 2.59. The minimum Gasteiger partial charge on any atom is -0.459 e. The van der Waals surface area contributed by atoms with E-state index in [0.29, 0.717) is 0 Å². The van der Waals surface area contributed by atoms with Gasteiger partial charge in [-0.05, 0) is 37.5 Å². The fourth-order valence-corrected chi connectivity index (χ4v) is 4.88. The molecule has 1 N–H and O–H groups in total. The Morgan fingerprint density at radius 3 is 1.58 bits per heavy atom. The molecule has 4 nitrogen and oxygen atoms in total. The second-order valence-electron chi connectivity index (χ2n) is 9.58. The minimum atomic E-state index is -1.21. The average molecular weight is 445 g/mol. The van der Waals surface area contributed by atoms with Crippen molar-refractivity contribution in [3.05, 3.63) is 108 Å². The Kier molecular flexibility index (Phi) is 6.17. The van der Waals surface area contributed by atoms with Crippen LogP contribution in [0.4, 0.5) is 0 Å². The topological polar surface area (TPSA) is 55.8 Å². The number of ether oxygens (including phenoxy) is 2. The lowest BCUT2D eigenvalue weighted by Crippen LogP contribution is -2.49. The van der Waals surface area contributed by atoms with Crippen LogP contribution in [0.3, 0.4) is 0 Å². The van der Waals surface area contributed by atoms with Gasteiger partial charge in [-0.1, -0.05) is 97.9 Å². The van der Waals surface area contributed by atoms with Crippen molar-refractivity contribution >= 4 is 5.97 Å². The molecule has 1 aliphatic heterocycles. The van der Waals surface area contributed by atoms with Crippen molar-refractivity contribution in [2.24, 2.45) is 11.3 Å². The van der Waals surface area contributed by atoms with E-state index in [4.69, 9.17) is 9.47 Å². The third-order valence-electron chi connectivity index (χ3n) is 7.43. The van der Waals surface area contributed by atoms with Gasteiger partial charge in [0.05, 0.1) is 17.6 Å². The van der Waals surface area contributed by atoms with E-state index in [1.54, 1.807) is 20.8 Å². The van der Waals surface area contributed by atoms with E-state index in [-0.39, 0.29) is 18.5 Å². The Labute approximate surface area is 196 Å². The third kappa shape index (κ3) is 3.88. The number of aliphatic hydroxyl groups is 1. The van der Waals surface area contributed by atoms with Crippen molar-refractivity contribution in [1.82, 2.24) is 0 Å². The molecule has 1 aliphatic rings. The molecule has 3 atom stereocenters. The van der Waals surface area contributed by atoms with Gasteiger partial charge >= 0.3 is 5.97 Å². The molecule has 0 unspecified atom stereocenters. The summed E-state index contributed by atoms with van der Waals surface area (Å²) in [5.74, 6) is -0.620. The number of carbonyl (C=O) groups excluding carboxylic acids is 1. The first-order chi connectivity index (χ1) is 15.7. The van der Waals surface area contributed by atoms with Gasteiger partial charge in [0.25, 0.3) is 0 Å². The van der Waals surface area contributed by atoms with Crippen LogP contribution >= 0.6 is 0 Å². The fraction of sp³-hybridized carbons (Fsp3) is 0.345. The highest BCUT2D eigenvalue weighted by Crippen LogP contribution is 2.48. The van der Waals surface area contributed by atoms with Crippen molar-refractivity contribution in [3.63, 3.8) is 0 Å². The van der Waals surface area contributed by atoms with Gasteiger partial charge in [-0.2, -0.15) is 0 Å². The summed E-state index contributed by atoms with van der Waals surface area (Å²) in [6.45, 7) is 7.24. The van der Waals surface area contributed by atoms with Crippen LogP contribution in [0.1, 0.15) is 44.4 Å². The third-order valence-corrected chi connectivity index (χ3v) is 7.43. The molecule has 0 aliphatic carbocycles. The molecule has 4 rings (SSSR count). The number of hydrogen-bond acceptors (Lipinski definition) is 4. The standard InChI is InChI=1S/C29H32O4/c1-21-25(33-26(30)28(21,4)27(2,3)31)20-32-29(22-14-8-5-9-15-22,23-16-10-6-11-17-23)24-18-12-7-13-19-24/h5-19,21,25,31H,20H2,1-4H3/t21-,25-,28-/m1/s1. The summed E-state index contributed by atoms with van der Waals surface area (Å²) in [5.41, 5.74) is -0.147. The molecular formula is C29H32O4. The highest BCUT2D eigenvalue weighted by atomic mass is 16.6. The van der Waals surface area contributed by atoms with E-state index >= 15 is 0 Å². The van der Waals surface area contributed by atoms with Gasteiger partial charge in [-0.3, -0.25) is 4.79 Å². The maximum Gasteiger partial charge on any atom is 0.315 e. The van der Waals surface area contributed by atoms with Gasteiger partial charge in [0.1, 0.15) is 11.7 Å². The van der Waals surface area contributed by atoms with Crippen LogP contribution in [0.5, 0.6) is 0 Å². The van der Waals surface area contributed by atoms with Gasteiger partial charge in [0, 0.05) is 5.92 Å². The molecule has 0 radical (unpaired) electrons. The summed E-state index contributed by atoms with van der Waals surface area (Å²) in [5, 5.41) is 10.8. The maximum absolute atomic E-state index is 12.9. The molecule has 0 bridgehead atoms. The van der Waals surface area contributed by atoms with E-state index in [9.17, 15) is 9.90 Å². The normalized spacial score (nSPS) is 23.4. The zero-order valence-corrected chi connectivity index (χ0v) is 19.7. The lowest BCUT2D eigenvalue weighted by molar-refractivity contribution is -0.160. The largest absolute Gasteiger partial charge is 0.459 e. The van der Waals surface area contributed by atoms with Crippen molar-refractivity contribution in [2.45, 2.75) is 45.0 Å². The second kappa shape index (κ2) is 8.77. The van der Waals surface area contributed by atoms with Crippen LogP contribution in [0, 0.1) is 11.3 Å². The summed E-state index contributed by atoms with van der Waals surface area (Å²) >= 11 is 0. The highest BCUT2D eigenvalue weighted by molar-refractivity contribution is 5.80. The van der Waals surface area contributed by atoms with Crippen molar-refractivity contribution in [3.8, 4) is 0 Å². The molecule has 0 saturated carbocycles. The SMILES string of the molecule is C[C@@H]1[C@@H](COC(c2ccccc2)(c2ccccc2)c2ccccc2)OC(=O)[C@]1(C)C(C)(C)O. The Morgan fingerprint density at radius 1 is 0.848 bits per heavy atom. The minimum absolute atomic E-state index is 0.192. The van der Waals surface area contributed by atoms with Crippen LogP contribution in [0.15, 0.2) is 91.0 Å². The Bertz CT molecular complexity index is 976.